The van der Waals surface area contributed by atoms with Crippen LogP contribution in [-0.2, 0) is 12.8 Å². The van der Waals surface area contributed by atoms with Gasteiger partial charge in [0.1, 0.15) is 0 Å². The van der Waals surface area contributed by atoms with Gasteiger partial charge in [0.05, 0.1) is 16.6 Å². The lowest BCUT2D eigenvalue weighted by molar-refractivity contribution is 0.667. The first-order valence-corrected chi connectivity index (χ1v) is 15.8. The van der Waals surface area contributed by atoms with Gasteiger partial charge in [-0.15, -0.1) is 0 Å². The van der Waals surface area contributed by atoms with E-state index in [1.807, 2.05) is 0 Å². The summed E-state index contributed by atoms with van der Waals surface area (Å²) in [5.74, 6) is 0. The third kappa shape index (κ3) is 3.88. The molecule has 6 aromatic carbocycles. The number of hydrogen-bond donors (Lipinski definition) is 0. The van der Waals surface area contributed by atoms with Crippen LogP contribution >= 0.6 is 0 Å². The van der Waals surface area contributed by atoms with Gasteiger partial charge in [-0.3, -0.25) is 0 Å². The Hall–Kier alpha value is -5.34. The Morgan fingerprint density at radius 2 is 1.02 bits per heavy atom. The number of nitrogens with zero attached hydrogens (tertiary/aromatic N) is 2. The normalized spacial score (nSPS) is 13.1. The van der Waals surface area contributed by atoms with Gasteiger partial charge >= 0.3 is 0 Å². The van der Waals surface area contributed by atoms with Gasteiger partial charge in [-0.05, 0) is 96.0 Å². The molecule has 0 N–H and O–H groups in total. The maximum absolute atomic E-state index is 2.59. The van der Waals surface area contributed by atoms with Crippen molar-refractivity contribution < 1.29 is 0 Å². The Balaban J connectivity index is 1.41. The lowest BCUT2D eigenvalue weighted by atomic mass is 9.94. The summed E-state index contributed by atoms with van der Waals surface area (Å²) in [6, 6.07) is 53.3. The summed E-state index contributed by atoms with van der Waals surface area (Å²) in [7, 11) is 0. The van der Waals surface area contributed by atoms with Gasteiger partial charge in [-0.25, -0.2) is 0 Å². The third-order valence-electron chi connectivity index (χ3n) is 9.47. The molecule has 0 saturated carbocycles. The minimum Gasteiger partial charge on any atom is -0.313 e. The lowest BCUT2D eigenvalue weighted by Gasteiger charge is -2.18. The summed E-state index contributed by atoms with van der Waals surface area (Å²) in [5.41, 5.74) is 14.3. The number of aryl methyl sites for hydroxylation is 1. The summed E-state index contributed by atoms with van der Waals surface area (Å²) < 4.78 is 5.09. The van der Waals surface area contributed by atoms with Gasteiger partial charge in [-0.1, -0.05) is 103 Å². The number of hydrogen-bond acceptors (Lipinski definition) is 0. The Labute approximate surface area is 257 Å². The topological polar surface area (TPSA) is 9.86 Å². The Kier molecular flexibility index (Phi) is 5.80. The van der Waals surface area contributed by atoms with E-state index < -0.39 is 0 Å². The van der Waals surface area contributed by atoms with Crippen molar-refractivity contribution in [1.29, 1.82) is 0 Å². The fourth-order valence-electron chi connectivity index (χ4n) is 7.56. The van der Waals surface area contributed by atoms with E-state index in [1.54, 1.807) is 0 Å². The van der Waals surface area contributed by atoms with Gasteiger partial charge in [0.2, 0.25) is 0 Å². The molecule has 0 atom stereocenters. The Morgan fingerprint density at radius 3 is 1.73 bits per heavy atom. The van der Waals surface area contributed by atoms with Gasteiger partial charge in [0, 0.05) is 33.2 Å². The second-order valence-corrected chi connectivity index (χ2v) is 12.0. The smallest absolute Gasteiger partial charge is 0.0637 e. The summed E-state index contributed by atoms with van der Waals surface area (Å²) in [6.45, 7) is 0. The second-order valence-electron chi connectivity index (χ2n) is 12.0. The maximum Gasteiger partial charge on any atom is 0.0637 e. The van der Waals surface area contributed by atoms with Crippen LogP contribution in [0.1, 0.15) is 24.1 Å². The van der Waals surface area contributed by atoms with E-state index in [9.17, 15) is 0 Å². The van der Waals surface area contributed by atoms with Crippen molar-refractivity contribution >= 4 is 32.7 Å². The molecule has 0 unspecified atom stereocenters. The highest BCUT2D eigenvalue weighted by molar-refractivity contribution is 6.19. The van der Waals surface area contributed by atoms with Crippen molar-refractivity contribution in [2.24, 2.45) is 0 Å². The van der Waals surface area contributed by atoms with Crippen molar-refractivity contribution in [3.8, 4) is 33.6 Å². The predicted octanol–water partition coefficient (Wildman–Crippen LogP) is 10.9. The number of rotatable bonds is 4. The van der Waals surface area contributed by atoms with Crippen molar-refractivity contribution in [1.82, 2.24) is 9.13 Å². The summed E-state index contributed by atoms with van der Waals surface area (Å²) >= 11 is 0. The van der Waals surface area contributed by atoms with Gasteiger partial charge < -0.3 is 9.13 Å². The van der Waals surface area contributed by atoms with E-state index in [1.165, 1.54) is 90.4 Å². The SMILES string of the molecule is c1ccc(-c2cc(-c3ccccc3)cc(-n3c4c(c5c3ccc3c6ccccc6n(-c6ccccc6)c35)CCCC4)c2)cc1. The predicted molar refractivity (Wildman–Crippen MR) is 185 cm³/mol. The number of aromatic nitrogens is 2. The molecule has 9 rings (SSSR count). The molecule has 8 aromatic rings. The zero-order chi connectivity index (χ0) is 29.0. The molecule has 2 aromatic heterocycles. The minimum atomic E-state index is 1.09. The molecule has 2 nitrogen and oxygen atoms in total. The van der Waals surface area contributed by atoms with Crippen LogP contribution in [-0.4, -0.2) is 9.13 Å². The fraction of sp³-hybridized carbons (Fsp3) is 0.0952. The summed E-state index contributed by atoms with van der Waals surface area (Å²) in [6.07, 6.45) is 4.65. The van der Waals surface area contributed by atoms with E-state index >= 15 is 0 Å². The monoisotopic (exact) mass is 564 g/mol. The molecule has 0 radical (unpaired) electrons. The maximum atomic E-state index is 2.59. The van der Waals surface area contributed by atoms with Crippen LogP contribution in [0.3, 0.4) is 0 Å². The van der Waals surface area contributed by atoms with E-state index in [0.717, 1.165) is 12.8 Å². The average Bonchev–Trinajstić information content (AvgIpc) is 3.62. The first-order valence-electron chi connectivity index (χ1n) is 15.8. The fourth-order valence-corrected chi connectivity index (χ4v) is 7.56. The third-order valence-corrected chi connectivity index (χ3v) is 9.47. The van der Waals surface area contributed by atoms with Gasteiger partial charge in [0.15, 0.2) is 0 Å². The first kappa shape index (κ1) is 25.2. The standard InChI is InChI=1S/C42H32N2/c1-4-14-29(15-5-1)31-26-32(30-16-6-2-7-17-30)28-34(27-31)43-39-23-13-11-21-37(39)41-40(43)25-24-36-35-20-10-12-22-38(35)44(42(36)41)33-18-8-3-9-19-33/h1-10,12,14-20,22,24-28H,11,13,21,23H2. The average molecular weight is 565 g/mol. The van der Waals surface area contributed by atoms with Gasteiger partial charge in [0.25, 0.3) is 0 Å². The van der Waals surface area contributed by atoms with E-state index in [0.29, 0.717) is 0 Å². The highest BCUT2D eigenvalue weighted by atomic mass is 15.0. The zero-order valence-corrected chi connectivity index (χ0v) is 24.6. The van der Waals surface area contributed by atoms with Crippen molar-refractivity contribution in [2.75, 3.05) is 0 Å². The molecule has 0 bridgehead atoms. The second kappa shape index (κ2) is 10.1. The molecule has 0 saturated heterocycles. The van der Waals surface area contributed by atoms with Crippen LogP contribution in [0, 0.1) is 0 Å². The van der Waals surface area contributed by atoms with Gasteiger partial charge in [-0.2, -0.15) is 0 Å². The Bertz CT molecular complexity index is 2250. The molecule has 2 heteroatoms. The summed E-state index contributed by atoms with van der Waals surface area (Å²) in [5, 5.41) is 4.04. The van der Waals surface area contributed by atoms with Crippen LogP contribution in [0.2, 0.25) is 0 Å². The minimum absolute atomic E-state index is 1.09. The summed E-state index contributed by atoms with van der Waals surface area (Å²) in [4.78, 5) is 0. The van der Waals surface area contributed by atoms with Crippen LogP contribution in [0.15, 0.2) is 146 Å². The molecule has 0 amide bonds. The van der Waals surface area contributed by atoms with E-state index in [4.69, 9.17) is 0 Å². The molecule has 210 valence electrons. The van der Waals surface area contributed by atoms with E-state index in [2.05, 4.69) is 155 Å². The highest BCUT2D eigenvalue weighted by Gasteiger charge is 2.26. The first-order chi connectivity index (χ1) is 21.8. The largest absolute Gasteiger partial charge is 0.313 e. The van der Waals surface area contributed by atoms with Crippen LogP contribution < -0.4 is 0 Å². The zero-order valence-electron chi connectivity index (χ0n) is 24.6. The number of fused-ring (bicyclic) bond motifs is 7. The van der Waals surface area contributed by atoms with Crippen molar-refractivity contribution in [3.63, 3.8) is 0 Å². The molecule has 44 heavy (non-hydrogen) atoms. The molecular formula is C42H32N2. The molecule has 0 aliphatic heterocycles. The van der Waals surface area contributed by atoms with Crippen LogP contribution in [0.5, 0.6) is 0 Å². The Morgan fingerprint density at radius 1 is 0.409 bits per heavy atom. The van der Waals surface area contributed by atoms with E-state index in [-0.39, 0.29) is 0 Å². The molecule has 0 fully saturated rings. The molecule has 2 heterocycles. The molecule has 1 aliphatic rings. The number of benzene rings is 6. The quantitative estimate of drug-likeness (QED) is 0.201. The lowest BCUT2D eigenvalue weighted by Crippen LogP contribution is -2.07. The molecule has 1 aliphatic carbocycles. The van der Waals surface area contributed by atoms with Crippen LogP contribution in [0.4, 0.5) is 0 Å². The number of para-hydroxylation sites is 2. The highest BCUT2D eigenvalue weighted by Crippen LogP contribution is 2.43. The van der Waals surface area contributed by atoms with Crippen molar-refractivity contribution in [2.45, 2.75) is 25.7 Å². The van der Waals surface area contributed by atoms with Crippen LogP contribution in [0.25, 0.3) is 66.3 Å². The van der Waals surface area contributed by atoms with Crippen molar-refractivity contribution in [3.05, 3.63) is 157 Å². The molecular weight excluding hydrogens is 532 g/mol. The molecule has 0 spiro atoms.